The van der Waals surface area contributed by atoms with E-state index in [1.807, 2.05) is 6.07 Å². The van der Waals surface area contributed by atoms with Gasteiger partial charge >= 0.3 is 0 Å². The molecule has 0 heterocycles. The number of hydrogen-bond donors (Lipinski definition) is 1. The van der Waals surface area contributed by atoms with Gasteiger partial charge in [0.2, 0.25) is 0 Å². The van der Waals surface area contributed by atoms with Crippen LogP contribution in [0.5, 0.6) is 0 Å². The van der Waals surface area contributed by atoms with Crippen LogP contribution in [0.3, 0.4) is 0 Å². The van der Waals surface area contributed by atoms with Crippen molar-refractivity contribution in [3.05, 3.63) is 34.3 Å². The van der Waals surface area contributed by atoms with Crippen LogP contribution in [0.15, 0.2) is 28.7 Å². The zero-order valence-electron chi connectivity index (χ0n) is 10.3. The summed E-state index contributed by atoms with van der Waals surface area (Å²) in [6, 6.07) is 8.95. The van der Waals surface area contributed by atoms with Crippen LogP contribution in [0.4, 0.5) is 0 Å². The Morgan fingerprint density at radius 1 is 1.31 bits per heavy atom. The molecule has 0 aliphatic carbocycles. The van der Waals surface area contributed by atoms with Crippen LogP contribution in [0, 0.1) is 0 Å². The van der Waals surface area contributed by atoms with Crippen LogP contribution in [0.1, 0.15) is 19.4 Å². The van der Waals surface area contributed by atoms with Gasteiger partial charge in [-0.2, -0.15) is 0 Å². The Hall–Kier alpha value is -0.380. The molecule has 0 radical (unpaired) electrons. The summed E-state index contributed by atoms with van der Waals surface area (Å²) >= 11 is 3.55. The van der Waals surface area contributed by atoms with E-state index < -0.39 is 0 Å². The molecule has 0 saturated carbocycles. The lowest BCUT2D eigenvalue weighted by Gasteiger charge is -2.21. The molecule has 1 aromatic carbocycles. The minimum absolute atomic E-state index is 0.616. The molecule has 0 bridgehead atoms. The maximum absolute atomic E-state index is 3.55. The molecule has 0 fully saturated rings. The van der Waals surface area contributed by atoms with Crippen LogP contribution < -0.4 is 5.32 Å². The second-order valence-electron chi connectivity index (χ2n) is 4.34. The Kier molecular flexibility index (Phi) is 6.03. The van der Waals surface area contributed by atoms with Crippen molar-refractivity contribution < 1.29 is 0 Å². The SMILES string of the molecule is CC(C)N(C)CCNCc1ccccc1Br. The number of likely N-dealkylation sites (N-methyl/N-ethyl adjacent to an activating group) is 1. The molecular weight excluding hydrogens is 264 g/mol. The lowest BCUT2D eigenvalue weighted by Crippen LogP contribution is -2.33. The summed E-state index contributed by atoms with van der Waals surface area (Å²) in [5, 5.41) is 3.46. The lowest BCUT2D eigenvalue weighted by molar-refractivity contribution is 0.273. The fourth-order valence-corrected chi connectivity index (χ4v) is 1.80. The molecule has 1 rings (SSSR count). The average molecular weight is 285 g/mol. The quantitative estimate of drug-likeness (QED) is 0.809. The first kappa shape index (κ1) is 13.7. The summed E-state index contributed by atoms with van der Waals surface area (Å²) in [5.41, 5.74) is 1.31. The van der Waals surface area contributed by atoms with Gasteiger partial charge in [-0.05, 0) is 32.5 Å². The van der Waals surface area contributed by atoms with Gasteiger partial charge in [0, 0.05) is 30.1 Å². The van der Waals surface area contributed by atoms with E-state index in [4.69, 9.17) is 0 Å². The highest BCUT2D eigenvalue weighted by Gasteiger charge is 2.02. The minimum atomic E-state index is 0.616. The Morgan fingerprint density at radius 3 is 2.62 bits per heavy atom. The molecule has 0 atom stereocenters. The third-order valence-corrected chi connectivity index (χ3v) is 3.57. The van der Waals surface area contributed by atoms with E-state index in [9.17, 15) is 0 Å². The molecule has 0 unspecified atom stereocenters. The van der Waals surface area contributed by atoms with E-state index in [0.29, 0.717) is 6.04 Å². The fourth-order valence-electron chi connectivity index (χ4n) is 1.38. The minimum Gasteiger partial charge on any atom is -0.311 e. The van der Waals surface area contributed by atoms with E-state index in [-0.39, 0.29) is 0 Å². The molecule has 3 heteroatoms. The Balaban J connectivity index is 2.24. The van der Waals surface area contributed by atoms with Crippen molar-refractivity contribution in [1.82, 2.24) is 10.2 Å². The Bertz CT molecular complexity index is 313. The molecule has 0 amide bonds. The Morgan fingerprint density at radius 2 is 2.00 bits per heavy atom. The first-order chi connectivity index (χ1) is 7.61. The largest absolute Gasteiger partial charge is 0.311 e. The van der Waals surface area contributed by atoms with E-state index in [1.54, 1.807) is 0 Å². The van der Waals surface area contributed by atoms with Crippen LogP contribution in [-0.4, -0.2) is 31.1 Å². The summed E-state index contributed by atoms with van der Waals surface area (Å²) in [5.74, 6) is 0. The second-order valence-corrected chi connectivity index (χ2v) is 5.20. The van der Waals surface area contributed by atoms with Gasteiger partial charge in [0.1, 0.15) is 0 Å². The van der Waals surface area contributed by atoms with Gasteiger partial charge in [-0.1, -0.05) is 34.1 Å². The lowest BCUT2D eigenvalue weighted by atomic mass is 10.2. The fraction of sp³-hybridized carbons (Fsp3) is 0.538. The van der Waals surface area contributed by atoms with Gasteiger partial charge in [-0.3, -0.25) is 0 Å². The molecule has 0 saturated heterocycles. The highest BCUT2D eigenvalue weighted by atomic mass is 79.9. The summed E-state index contributed by atoms with van der Waals surface area (Å²) in [4.78, 5) is 2.34. The normalized spacial score (nSPS) is 11.4. The van der Waals surface area contributed by atoms with E-state index in [2.05, 4.69) is 65.2 Å². The molecule has 0 aromatic heterocycles. The van der Waals surface area contributed by atoms with Gasteiger partial charge < -0.3 is 10.2 Å². The first-order valence-corrected chi connectivity index (χ1v) is 6.55. The van der Waals surface area contributed by atoms with E-state index >= 15 is 0 Å². The van der Waals surface area contributed by atoms with Crippen molar-refractivity contribution in [2.75, 3.05) is 20.1 Å². The standard InChI is InChI=1S/C13H21BrN2/c1-11(2)16(3)9-8-15-10-12-6-4-5-7-13(12)14/h4-7,11,15H,8-10H2,1-3H3. The maximum Gasteiger partial charge on any atom is 0.0220 e. The van der Waals surface area contributed by atoms with Gasteiger partial charge in [0.15, 0.2) is 0 Å². The molecule has 1 N–H and O–H groups in total. The van der Waals surface area contributed by atoms with Crippen molar-refractivity contribution in [2.45, 2.75) is 26.4 Å². The summed E-state index contributed by atoms with van der Waals surface area (Å²) < 4.78 is 1.18. The highest BCUT2D eigenvalue weighted by molar-refractivity contribution is 9.10. The van der Waals surface area contributed by atoms with Crippen molar-refractivity contribution in [2.24, 2.45) is 0 Å². The van der Waals surface area contributed by atoms with Crippen molar-refractivity contribution in [3.63, 3.8) is 0 Å². The number of hydrogen-bond acceptors (Lipinski definition) is 2. The molecular formula is C13H21BrN2. The highest BCUT2D eigenvalue weighted by Crippen LogP contribution is 2.15. The molecule has 0 spiro atoms. The third kappa shape index (κ3) is 4.64. The van der Waals surface area contributed by atoms with Crippen LogP contribution in [0.2, 0.25) is 0 Å². The molecule has 90 valence electrons. The molecule has 0 aliphatic rings. The monoisotopic (exact) mass is 284 g/mol. The Labute approximate surface area is 107 Å². The number of rotatable bonds is 6. The predicted molar refractivity (Wildman–Crippen MR) is 73.6 cm³/mol. The molecule has 0 aliphatic heterocycles. The summed E-state index contributed by atoms with van der Waals surface area (Å²) in [7, 11) is 2.16. The number of benzene rings is 1. The van der Waals surface area contributed by atoms with Crippen LogP contribution in [0.25, 0.3) is 0 Å². The van der Waals surface area contributed by atoms with Gasteiger partial charge in [0.25, 0.3) is 0 Å². The van der Waals surface area contributed by atoms with E-state index in [1.165, 1.54) is 10.0 Å². The first-order valence-electron chi connectivity index (χ1n) is 5.75. The average Bonchev–Trinajstić information content (AvgIpc) is 2.26. The van der Waals surface area contributed by atoms with Crippen molar-refractivity contribution >= 4 is 15.9 Å². The number of halogens is 1. The number of nitrogens with one attached hydrogen (secondary N) is 1. The van der Waals surface area contributed by atoms with Crippen LogP contribution >= 0.6 is 15.9 Å². The summed E-state index contributed by atoms with van der Waals surface area (Å²) in [6.45, 7) is 7.47. The smallest absolute Gasteiger partial charge is 0.0220 e. The van der Waals surface area contributed by atoms with Gasteiger partial charge in [0.05, 0.1) is 0 Å². The summed E-state index contributed by atoms with van der Waals surface area (Å²) in [6.07, 6.45) is 0. The van der Waals surface area contributed by atoms with Crippen molar-refractivity contribution in [1.29, 1.82) is 0 Å². The third-order valence-electron chi connectivity index (χ3n) is 2.80. The van der Waals surface area contributed by atoms with Crippen molar-refractivity contribution in [3.8, 4) is 0 Å². The number of nitrogens with zero attached hydrogens (tertiary/aromatic N) is 1. The maximum atomic E-state index is 3.55. The topological polar surface area (TPSA) is 15.3 Å². The zero-order valence-corrected chi connectivity index (χ0v) is 11.9. The van der Waals surface area contributed by atoms with E-state index in [0.717, 1.165) is 19.6 Å². The zero-order chi connectivity index (χ0) is 12.0. The molecule has 16 heavy (non-hydrogen) atoms. The molecule has 1 aromatic rings. The molecule has 2 nitrogen and oxygen atoms in total. The van der Waals surface area contributed by atoms with Gasteiger partial charge in [-0.25, -0.2) is 0 Å². The van der Waals surface area contributed by atoms with Crippen LogP contribution in [-0.2, 0) is 6.54 Å². The predicted octanol–water partition coefficient (Wildman–Crippen LogP) is 2.88. The van der Waals surface area contributed by atoms with Gasteiger partial charge in [-0.15, -0.1) is 0 Å². The second kappa shape index (κ2) is 7.05.